The average molecular weight is 302 g/mol. The summed E-state index contributed by atoms with van der Waals surface area (Å²) >= 11 is 3.38. The lowest BCUT2D eigenvalue weighted by Gasteiger charge is -1.98. The second-order valence-electron chi connectivity index (χ2n) is 4.41. The molecule has 0 unspecified atom stereocenters. The molecule has 0 aliphatic rings. The molecule has 0 saturated carbocycles. The van der Waals surface area contributed by atoms with E-state index in [4.69, 9.17) is 0 Å². The molecule has 2 heterocycles. The number of nitrogens with zero attached hydrogens (tertiary/aromatic N) is 4. The molecule has 2 aromatic heterocycles. The van der Waals surface area contributed by atoms with E-state index in [2.05, 4.69) is 44.8 Å². The van der Waals surface area contributed by atoms with Crippen molar-refractivity contribution < 1.29 is 0 Å². The maximum atomic E-state index is 4.67. The summed E-state index contributed by atoms with van der Waals surface area (Å²) in [4.78, 5) is 4.67. The molecule has 0 N–H and O–H groups in total. The van der Waals surface area contributed by atoms with Gasteiger partial charge in [-0.1, -0.05) is 42.1 Å². The van der Waals surface area contributed by atoms with E-state index in [0.717, 1.165) is 28.0 Å². The van der Waals surface area contributed by atoms with Gasteiger partial charge < -0.3 is 4.57 Å². The molecule has 0 radical (unpaired) electrons. The van der Waals surface area contributed by atoms with Gasteiger partial charge in [0.15, 0.2) is 5.16 Å². The van der Waals surface area contributed by atoms with Crippen molar-refractivity contribution in [3.05, 3.63) is 58.3 Å². The minimum atomic E-state index is 0.831. The Hall–Kier alpha value is -1.66. The lowest BCUT2D eigenvalue weighted by atomic mass is 10.2. The Bertz CT molecular complexity index is 675. The molecule has 0 atom stereocenters. The molecular weight excluding hydrogens is 288 g/mol. The molecule has 3 aromatic rings. The van der Waals surface area contributed by atoms with Crippen molar-refractivity contribution in [1.29, 1.82) is 0 Å². The molecule has 0 amide bonds. The van der Waals surface area contributed by atoms with Crippen molar-refractivity contribution in [2.24, 2.45) is 7.05 Å². The van der Waals surface area contributed by atoms with Crippen LogP contribution in [0.5, 0.6) is 0 Å². The molecule has 102 valence electrons. The normalized spacial score (nSPS) is 10.8. The molecule has 0 fully saturated rings. The third-order valence-electron chi connectivity index (χ3n) is 2.82. The van der Waals surface area contributed by atoms with E-state index in [0.29, 0.717) is 0 Å². The molecule has 6 heteroatoms. The first-order valence-electron chi connectivity index (χ1n) is 6.25. The SMILES string of the molecule is Cn1cnnc1SCc1csc(Cc2ccccc2)n1. The van der Waals surface area contributed by atoms with Crippen LogP contribution in [0.15, 0.2) is 47.2 Å². The van der Waals surface area contributed by atoms with Gasteiger partial charge in [-0.25, -0.2) is 4.98 Å². The third kappa shape index (κ3) is 3.26. The Morgan fingerprint density at radius 1 is 1.25 bits per heavy atom. The summed E-state index contributed by atoms with van der Waals surface area (Å²) in [5.74, 6) is 0.831. The van der Waals surface area contributed by atoms with Gasteiger partial charge in [0.1, 0.15) is 6.33 Å². The predicted molar refractivity (Wildman–Crippen MR) is 81.9 cm³/mol. The summed E-state index contributed by atoms with van der Waals surface area (Å²) in [6.45, 7) is 0. The first-order chi connectivity index (χ1) is 9.81. The quantitative estimate of drug-likeness (QED) is 0.679. The summed E-state index contributed by atoms with van der Waals surface area (Å²) in [6.07, 6.45) is 2.62. The first-order valence-corrected chi connectivity index (χ1v) is 8.12. The van der Waals surface area contributed by atoms with Crippen LogP contribution in [0.25, 0.3) is 0 Å². The lowest BCUT2D eigenvalue weighted by Crippen LogP contribution is -1.91. The van der Waals surface area contributed by atoms with Gasteiger partial charge in [-0.2, -0.15) is 0 Å². The van der Waals surface area contributed by atoms with Gasteiger partial charge in [0.25, 0.3) is 0 Å². The van der Waals surface area contributed by atoms with E-state index in [1.807, 2.05) is 17.7 Å². The number of hydrogen-bond acceptors (Lipinski definition) is 5. The van der Waals surface area contributed by atoms with Crippen LogP contribution in [0.4, 0.5) is 0 Å². The van der Waals surface area contributed by atoms with Gasteiger partial charge in [0.05, 0.1) is 10.7 Å². The van der Waals surface area contributed by atoms with E-state index < -0.39 is 0 Å². The van der Waals surface area contributed by atoms with Crippen molar-refractivity contribution in [2.45, 2.75) is 17.3 Å². The molecule has 20 heavy (non-hydrogen) atoms. The van der Waals surface area contributed by atoms with Crippen LogP contribution in [0.2, 0.25) is 0 Å². The maximum absolute atomic E-state index is 4.67. The topological polar surface area (TPSA) is 43.6 Å². The maximum Gasteiger partial charge on any atom is 0.191 e. The number of thiazole rings is 1. The van der Waals surface area contributed by atoms with E-state index in [9.17, 15) is 0 Å². The van der Waals surface area contributed by atoms with Crippen molar-refractivity contribution in [1.82, 2.24) is 19.7 Å². The lowest BCUT2D eigenvalue weighted by molar-refractivity contribution is 0.788. The second-order valence-corrected chi connectivity index (χ2v) is 6.29. The highest BCUT2D eigenvalue weighted by molar-refractivity contribution is 7.98. The Morgan fingerprint density at radius 3 is 2.85 bits per heavy atom. The summed E-state index contributed by atoms with van der Waals surface area (Å²) in [5.41, 5.74) is 2.41. The van der Waals surface area contributed by atoms with E-state index in [1.165, 1.54) is 5.56 Å². The van der Waals surface area contributed by atoms with Gasteiger partial charge in [0.2, 0.25) is 0 Å². The smallest absolute Gasteiger partial charge is 0.191 e. The molecule has 1 aromatic carbocycles. The van der Waals surface area contributed by atoms with E-state index in [1.54, 1.807) is 29.4 Å². The van der Waals surface area contributed by atoms with Gasteiger partial charge >= 0.3 is 0 Å². The number of aryl methyl sites for hydroxylation is 1. The second kappa shape index (κ2) is 6.19. The van der Waals surface area contributed by atoms with Crippen molar-refractivity contribution >= 4 is 23.1 Å². The molecule has 0 saturated heterocycles. The highest BCUT2D eigenvalue weighted by Gasteiger charge is 2.06. The van der Waals surface area contributed by atoms with Crippen molar-refractivity contribution in [3.63, 3.8) is 0 Å². The standard InChI is InChI=1S/C14H14N4S2/c1-18-10-15-17-14(18)20-9-12-8-19-13(16-12)7-11-5-3-2-4-6-11/h2-6,8,10H,7,9H2,1H3. The third-order valence-corrected chi connectivity index (χ3v) is 4.78. The fraction of sp³-hybridized carbons (Fsp3) is 0.214. The van der Waals surface area contributed by atoms with Crippen LogP contribution in [-0.4, -0.2) is 19.7 Å². The van der Waals surface area contributed by atoms with Crippen LogP contribution >= 0.6 is 23.1 Å². The molecular formula is C14H14N4S2. The monoisotopic (exact) mass is 302 g/mol. The van der Waals surface area contributed by atoms with Gasteiger partial charge in [0, 0.05) is 24.6 Å². The van der Waals surface area contributed by atoms with Crippen LogP contribution in [-0.2, 0) is 19.2 Å². The van der Waals surface area contributed by atoms with Crippen molar-refractivity contribution in [2.75, 3.05) is 0 Å². The molecule has 0 bridgehead atoms. The minimum absolute atomic E-state index is 0.831. The predicted octanol–water partition coefficient (Wildman–Crippen LogP) is 3.15. The highest BCUT2D eigenvalue weighted by atomic mass is 32.2. The summed E-state index contributed by atoms with van der Waals surface area (Å²) in [5, 5.41) is 12.1. The van der Waals surface area contributed by atoms with Crippen LogP contribution in [0.1, 0.15) is 16.3 Å². The van der Waals surface area contributed by atoms with Crippen LogP contribution in [0, 0.1) is 0 Å². The minimum Gasteiger partial charge on any atom is -0.312 e. The van der Waals surface area contributed by atoms with Crippen molar-refractivity contribution in [3.8, 4) is 0 Å². The number of aromatic nitrogens is 4. The molecule has 4 nitrogen and oxygen atoms in total. The summed E-state index contributed by atoms with van der Waals surface area (Å²) in [7, 11) is 1.95. The zero-order valence-electron chi connectivity index (χ0n) is 11.1. The largest absolute Gasteiger partial charge is 0.312 e. The average Bonchev–Trinajstić information content (AvgIpc) is 3.07. The van der Waals surface area contributed by atoms with E-state index >= 15 is 0 Å². The molecule has 0 spiro atoms. The van der Waals surface area contributed by atoms with Crippen LogP contribution in [0.3, 0.4) is 0 Å². The van der Waals surface area contributed by atoms with Gasteiger partial charge in [-0.05, 0) is 5.56 Å². The van der Waals surface area contributed by atoms with Gasteiger partial charge in [-0.3, -0.25) is 0 Å². The van der Waals surface area contributed by atoms with Crippen LogP contribution < -0.4 is 0 Å². The summed E-state index contributed by atoms with van der Waals surface area (Å²) < 4.78 is 1.92. The zero-order valence-corrected chi connectivity index (χ0v) is 12.7. The molecule has 0 aliphatic heterocycles. The fourth-order valence-electron chi connectivity index (χ4n) is 1.81. The van der Waals surface area contributed by atoms with Gasteiger partial charge in [-0.15, -0.1) is 21.5 Å². The van der Waals surface area contributed by atoms with E-state index in [-0.39, 0.29) is 0 Å². The molecule has 3 rings (SSSR count). The zero-order chi connectivity index (χ0) is 13.8. The fourth-order valence-corrected chi connectivity index (χ4v) is 3.52. The highest BCUT2D eigenvalue weighted by Crippen LogP contribution is 2.22. The molecule has 0 aliphatic carbocycles. The summed E-state index contributed by atoms with van der Waals surface area (Å²) in [6, 6.07) is 10.4. The number of thioether (sulfide) groups is 1. The Kier molecular flexibility index (Phi) is 4.13. The Labute approximate surface area is 125 Å². The number of hydrogen-bond donors (Lipinski definition) is 0. The Morgan fingerprint density at radius 2 is 2.10 bits per heavy atom. The Balaban J connectivity index is 1.61. The first kappa shape index (κ1) is 13.3. The number of rotatable bonds is 5. The number of benzene rings is 1.